The lowest BCUT2D eigenvalue weighted by molar-refractivity contribution is -0.112. The zero-order valence-corrected chi connectivity index (χ0v) is 17.2. The minimum atomic E-state index is -0.0683. The lowest BCUT2D eigenvalue weighted by Gasteiger charge is -2.18. The van der Waals surface area contributed by atoms with E-state index in [0.29, 0.717) is 24.1 Å². The fraction of sp³-hybridized carbons (Fsp3) is 0.391. The predicted octanol–water partition coefficient (Wildman–Crippen LogP) is 3.37. The molecule has 5 heteroatoms. The Kier molecular flexibility index (Phi) is 6.15. The summed E-state index contributed by atoms with van der Waals surface area (Å²) < 4.78 is 0. The third-order valence-corrected chi connectivity index (χ3v) is 5.56. The number of hydrogen-bond acceptors (Lipinski definition) is 3. The zero-order valence-electron chi connectivity index (χ0n) is 17.2. The second kappa shape index (κ2) is 8.57. The molecule has 1 heterocycles. The first kappa shape index (κ1) is 20.1. The lowest BCUT2D eigenvalue weighted by atomic mass is 10.0. The summed E-state index contributed by atoms with van der Waals surface area (Å²) in [6.07, 6.45) is 2.34. The smallest absolute Gasteiger partial charge is 0.253 e. The van der Waals surface area contributed by atoms with Gasteiger partial charge in [-0.3, -0.25) is 9.59 Å². The monoisotopic (exact) mass is 379 g/mol. The fourth-order valence-corrected chi connectivity index (χ4v) is 3.87. The summed E-state index contributed by atoms with van der Waals surface area (Å²) in [5.74, 6) is 0.0549. The van der Waals surface area contributed by atoms with Crippen molar-refractivity contribution in [1.82, 2.24) is 15.2 Å². The van der Waals surface area contributed by atoms with Crippen LogP contribution in [0, 0.1) is 13.8 Å². The second-order valence-electron chi connectivity index (χ2n) is 7.26. The van der Waals surface area contributed by atoms with E-state index in [1.165, 1.54) is 0 Å². The number of nitrogens with zero attached hydrogens (tertiary/aromatic N) is 1. The summed E-state index contributed by atoms with van der Waals surface area (Å²) in [5.41, 5.74) is 5.97. The Morgan fingerprint density at radius 3 is 2.64 bits per heavy atom. The molecule has 0 unspecified atom stereocenters. The lowest BCUT2D eigenvalue weighted by Crippen LogP contribution is -2.35. The molecule has 0 saturated heterocycles. The highest BCUT2D eigenvalue weighted by Gasteiger charge is 2.25. The summed E-state index contributed by atoms with van der Waals surface area (Å²) in [4.78, 5) is 30.8. The van der Waals surface area contributed by atoms with Crippen molar-refractivity contribution in [3.8, 4) is 0 Å². The van der Waals surface area contributed by atoms with Gasteiger partial charge in [0.15, 0.2) is 5.78 Å². The SMILES string of the molecule is CCN(CC)CCNC(=O)c1c(C)[nH]c(/C=C2\C(=O)Cc3ccccc32)c1C. The number of likely N-dealkylation sites (N-methyl/N-ethyl adjacent to an activating group) is 1. The molecule has 1 aliphatic rings. The first-order chi connectivity index (χ1) is 13.5. The van der Waals surface area contributed by atoms with Crippen LogP contribution in [0.5, 0.6) is 0 Å². The van der Waals surface area contributed by atoms with Gasteiger partial charge in [-0.2, -0.15) is 0 Å². The largest absolute Gasteiger partial charge is 0.358 e. The molecule has 3 rings (SSSR count). The number of hydrogen-bond donors (Lipinski definition) is 2. The number of carbonyl (C=O) groups is 2. The van der Waals surface area contributed by atoms with Crippen molar-refractivity contribution in [2.45, 2.75) is 34.1 Å². The zero-order chi connectivity index (χ0) is 20.3. The first-order valence-electron chi connectivity index (χ1n) is 9.99. The maximum atomic E-state index is 12.7. The van der Waals surface area contributed by atoms with Crippen LogP contribution in [0.4, 0.5) is 0 Å². The van der Waals surface area contributed by atoms with Crippen LogP contribution < -0.4 is 5.32 Å². The Labute approximate surface area is 166 Å². The molecule has 5 nitrogen and oxygen atoms in total. The highest BCUT2D eigenvalue weighted by molar-refractivity contribution is 6.29. The van der Waals surface area contributed by atoms with Gasteiger partial charge in [0, 0.05) is 36.5 Å². The van der Waals surface area contributed by atoms with Crippen molar-refractivity contribution in [1.29, 1.82) is 0 Å². The van der Waals surface area contributed by atoms with Gasteiger partial charge < -0.3 is 15.2 Å². The number of benzene rings is 1. The van der Waals surface area contributed by atoms with Crippen molar-refractivity contribution in [2.75, 3.05) is 26.2 Å². The number of ketones is 1. The molecule has 0 atom stereocenters. The Bertz CT molecular complexity index is 920. The number of aromatic nitrogens is 1. The summed E-state index contributed by atoms with van der Waals surface area (Å²) >= 11 is 0. The van der Waals surface area contributed by atoms with Crippen LogP contribution >= 0.6 is 0 Å². The molecule has 148 valence electrons. The van der Waals surface area contributed by atoms with Gasteiger partial charge in [0.25, 0.3) is 5.91 Å². The van der Waals surface area contributed by atoms with E-state index in [-0.39, 0.29) is 11.7 Å². The number of carbonyl (C=O) groups excluding carboxylic acids is 2. The minimum absolute atomic E-state index is 0.0683. The normalized spacial score (nSPS) is 14.8. The van der Waals surface area contributed by atoms with E-state index in [4.69, 9.17) is 0 Å². The van der Waals surface area contributed by atoms with Gasteiger partial charge >= 0.3 is 0 Å². The maximum absolute atomic E-state index is 12.7. The number of aromatic amines is 1. The first-order valence-corrected chi connectivity index (χ1v) is 9.99. The molecule has 1 amide bonds. The van der Waals surface area contributed by atoms with Crippen molar-refractivity contribution >= 4 is 23.3 Å². The third kappa shape index (κ3) is 3.94. The minimum Gasteiger partial charge on any atom is -0.358 e. The van der Waals surface area contributed by atoms with Crippen LogP contribution in [-0.2, 0) is 11.2 Å². The number of allylic oxidation sites excluding steroid dienone is 1. The molecule has 2 N–H and O–H groups in total. The predicted molar refractivity (Wildman–Crippen MR) is 113 cm³/mol. The second-order valence-corrected chi connectivity index (χ2v) is 7.26. The Morgan fingerprint density at radius 2 is 1.93 bits per heavy atom. The molecule has 28 heavy (non-hydrogen) atoms. The summed E-state index contributed by atoms with van der Waals surface area (Å²) in [6, 6.07) is 7.89. The van der Waals surface area contributed by atoms with Crippen LogP contribution in [0.25, 0.3) is 11.6 Å². The van der Waals surface area contributed by atoms with Crippen molar-refractivity contribution in [3.05, 3.63) is 57.9 Å². The number of aryl methyl sites for hydroxylation is 1. The van der Waals surface area contributed by atoms with Gasteiger partial charge in [-0.15, -0.1) is 0 Å². The number of fused-ring (bicyclic) bond motifs is 1. The summed E-state index contributed by atoms with van der Waals surface area (Å²) in [5, 5.41) is 3.02. The molecule has 1 aromatic heterocycles. The van der Waals surface area contributed by atoms with Crippen molar-refractivity contribution < 1.29 is 9.59 Å². The standard InChI is InChI=1S/C23H29N3O2/c1-5-26(6-2)12-11-24-23(28)22-15(3)20(25-16(22)4)14-19-18-10-8-7-9-17(18)13-21(19)27/h7-10,14,25H,5-6,11-13H2,1-4H3,(H,24,28)/b19-14-. The van der Waals surface area contributed by atoms with Gasteiger partial charge in [-0.25, -0.2) is 0 Å². The third-order valence-electron chi connectivity index (χ3n) is 5.56. The molecule has 0 fully saturated rings. The quantitative estimate of drug-likeness (QED) is 0.725. The van der Waals surface area contributed by atoms with Gasteiger partial charge in [0.1, 0.15) is 0 Å². The maximum Gasteiger partial charge on any atom is 0.253 e. The van der Waals surface area contributed by atoms with Crippen LogP contribution in [-0.4, -0.2) is 47.8 Å². The average Bonchev–Trinajstić information content (AvgIpc) is 3.14. The highest BCUT2D eigenvalue weighted by Crippen LogP contribution is 2.32. The Hall–Kier alpha value is -2.66. The Morgan fingerprint density at radius 1 is 1.21 bits per heavy atom. The van der Waals surface area contributed by atoms with Crippen LogP contribution in [0.2, 0.25) is 0 Å². The molecular formula is C23H29N3O2. The molecule has 2 aromatic rings. The number of Topliss-reactive ketones (excluding diaryl/α,β-unsaturated/α-hetero) is 1. The van der Waals surface area contributed by atoms with E-state index in [1.54, 1.807) is 0 Å². The van der Waals surface area contributed by atoms with Gasteiger partial charge in [-0.1, -0.05) is 38.1 Å². The van der Waals surface area contributed by atoms with Crippen LogP contribution in [0.1, 0.15) is 52.3 Å². The van der Waals surface area contributed by atoms with E-state index >= 15 is 0 Å². The van der Waals surface area contributed by atoms with Gasteiger partial charge in [0.05, 0.1) is 5.56 Å². The average molecular weight is 380 g/mol. The molecule has 0 spiro atoms. The van der Waals surface area contributed by atoms with E-state index in [2.05, 4.69) is 29.0 Å². The fourth-order valence-electron chi connectivity index (χ4n) is 3.87. The van der Waals surface area contributed by atoms with E-state index in [9.17, 15) is 9.59 Å². The number of rotatable bonds is 7. The number of H-pyrrole nitrogens is 1. The van der Waals surface area contributed by atoms with Gasteiger partial charge in [0.2, 0.25) is 0 Å². The van der Waals surface area contributed by atoms with Gasteiger partial charge in [-0.05, 0) is 49.7 Å². The molecule has 1 aliphatic carbocycles. The molecule has 0 radical (unpaired) electrons. The van der Waals surface area contributed by atoms with Crippen molar-refractivity contribution in [2.24, 2.45) is 0 Å². The van der Waals surface area contributed by atoms with Crippen molar-refractivity contribution in [3.63, 3.8) is 0 Å². The van der Waals surface area contributed by atoms with E-state index in [1.807, 2.05) is 44.2 Å². The highest BCUT2D eigenvalue weighted by atomic mass is 16.1. The molecule has 0 bridgehead atoms. The van der Waals surface area contributed by atoms with Crippen LogP contribution in [0.15, 0.2) is 24.3 Å². The molecular weight excluding hydrogens is 350 g/mol. The Balaban J connectivity index is 1.81. The summed E-state index contributed by atoms with van der Waals surface area (Å²) in [7, 11) is 0. The topological polar surface area (TPSA) is 65.2 Å². The van der Waals surface area contributed by atoms with E-state index < -0.39 is 0 Å². The summed E-state index contributed by atoms with van der Waals surface area (Å²) in [6.45, 7) is 11.5. The number of amides is 1. The molecule has 1 aromatic carbocycles. The van der Waals surface area contributed by atoms with Crippen LogP contribution in [0.3, 0.4) is 0 Å². The molecule has 0 saturated carbocycles. The van der Waals surface area contributed by atoms with E-state index in [0.717, 1.165) is 47.7 Å². The number of nitrogens with one attached hydrogen (secondary N) is 2. The molecule has 0 aliphatic heterocycles.